The Hall–Kier alpha value is -3.20. The van der Waals surface area contributed by atoms with Gasteiger partial charge >= 0.3 is 0 Å². The third-order valence-electron chi connectivity index (χ3n) is 4.67. The van der Waals surface area contributed by atoms with Crippen molar-refractivity contribution in [2.24, 2.45) is 0 Å². The third kappa shape index (κ3) is 4.14. The summed E-state index contributed by atoms with van der Waals surface area (Å²) in [5.41, 5.74) is 3.20. The predicted octanol–water partition coefficient (Wildman–Crippen LogP) is 3.05. The highest BCUT2D eigenvalue weighted by molar-refractivity contribution is 7.92. The van der Waals surface area contributed by atoms with Gasteiger partial charge in [0.05, 0.1) is 12.8 Å². The second kappa shape index (κ2) is 7.32. The Balaban J connectivity index is 1.50. The number of carbonyl (C=O) groups excluding carboxylic acids is 1. The first-order valence-electron chi connectivity index (χ1n) is 8.91. The monoisotopic (exact) mass is 415 g/mol. The van der Waals surface area contributed by atoms with Crippen molar-refractivity contribution in [1.82, 2.24) is 10.1 Å². The smallest absolute Gasteiger partial charge is 0.254 e. The van der Waals surface area contributed by atoms with E-state index in [1.807, 2.05) is 0 Å². The summed E-state index contributed by atoms with van der Waals surface area (Å²) in [7, 11) is -3.37. The molecule has 0 fully saturated rings. The molecule has 0 radical (unpaired) electrons. The predicted molar refractivity (Wildman–Crippen MR) is 105 cm³/mol. The Morgan fingerprint density at radius 3 is 2.48 bits per heavy atom. The molecule has 9 heteroatoms. The molecule has 0 spiro atoms. The van der Waals surface area contributed by atoms with Crippen LogP contribution in [-0.2, 0) is 23.0 Å². The van der Waals surface area contributed by atoms with Gasteiger partial charge in [-0.3, -0.25) is 9.52 Å². The highest BCUT2D eigenvalue weighted by atomic mass is 32.2. The van der Waals surface area contributed by atoms with E-state index in [2.05, 4.69) is 9.88 Å². The van der Waals surface area contributed by atoms with Crippen molar-refractivity contribution < 1.29 is 22.1 Å². The van der Waals surface area contributed by atoms with Gasteiger partial charge < -0.3 is 9.42 Å². The molecule has 4 rings (SSSR count). The average Bonchev–Trinajstić information content (AvgIpc) is 3.10. The van der Waals surface area contributed by atoms with Crippen molar-refractivity contribution in [3.8, 4) is 11.3 Å². The maximum Gasteiger partial charge on any atom is 0.254 e. The number of halogens is 1. The fourth-order valence-electron chi connectivity index (χ4n) is 3.31. The number of nitrogens with zero attached hydrogens (tertiary/aromatic N) is 2. The molecule has 0 unspecified atom stereocenters. The number of fused-ring (bicyclic) bond motifs is 1. The molecule has 0 saturated carbocycles. The van der Waals surface area contributed by atoms with E-state index in [1.54, 1.807) is 41.3 Å². The first-order chi connectivity index (χ1) is 13.8. The van der Waals surface area contributed by atoms with E-state index in [0.717, 1.165) is 17.4 Å². The van der Waals surface area contributed by atoms with Gasteiger partial charge in [0.25, 0.3) is 5.91 Å². The first kappa shape index (κ1) is 19.1. The number of carbonyl (C=O) groups is 1. The van der Waals surface area contributed by atoms with Crippen LogP contribution in [-0.4, -0.2) is 37.2 Å². The molecule has 1 aliphatic heterocycles. The number of rotatable bonds is 4. The van der Waals surface area contributed by atoms with Gasteiger partial charge in [-0.05, 0) is 55.0 Å². The average molecular weight is 415 g/mol. The minimum absolute atomic E-state index is 0.173. The summed E-state index contributed by atoms with van der Waals surface area (Å²) in [6.07, 6.45) is 1.64. The van der Waals surface area contributed by atoms with E-state index < -0.39 is 10.0 Å². The summed E-state index contributed by atoms with van der Waals surface area (Å²) < 4.78 is 43.5. The maximum absolute atomic E-state index is 13.2. The van der Waals surface area contributed by atoms with Gasteiger partial charge in [0.2, 0.25) is 10.0 Å². The van der Waals surface area contributed by atoms with Crippen LogP contribution in [0.4, 0.5) is 10.1 Å². The molecule has 0 bridgehead atoms. The molecule has 1 aromatic heterocycles. The Morgan fingerprint density at radius 2 is 1.83 bits per heavy atom. The number of hydrogen-bond acceptors (Lipinski definition) is 5. The molecule has 1 amide bonds. The summed E-state index contributed by atoms with van der Waals surface area (Å²) in [6, 6.07) is 12.3. The van der Waals surface area contributed by atoms with Gasteiger partial charge in [0.1, 0.15) is 11.5 Å². The highest BCUT2D eigenvalue weighted by Gasteiger charge is 2.27. The van der Waals surface area contributed by atoms with E-state index >= 15 is 0 Å². The van der Waals surface area contributed by atoms with Crippen molar-refractivity contribution in [3.05, 3.63) is 71.2 Å². The molecule has 150 valence electrons. The number of nitrogens with one attached hydrogen (secondary N) is 1. The number of benzene rings is 2. The summed E-state index contributed by atoms with van der Waals surface area (Å²) in [6.45, 7) is 0.798. The van der Waals surface area contributed by atoms with Crippen LogP contribution in [0.2, 0.25) is 0 Å². The first-order valence-corrected chi connectivity index (χ1v) is 10.8. The Kier molecular flexibility index (Phi) is 4.83. The van der Waals surface area contributed by atoms with Crippen molar-refractivity contribution >= 4 is 21.6 Å². The normalized spacial score (nSPS) is 13.8. The quantitative estimate of drug-likeness (QED) is 0.707. The highest BCUT2D eigenvalue weighted by Crippen LogP contribution is 2.31. The molecule has 1 aliphatic rings. The summed E-state index contributed by atoms with van der Waals surface area (Å²) in [5.74, 6) is 0.104. The fraction of sp³-hybridized carbons (Fsp3) is 0.200. The van der Waals surface area contributed by atoms with Gasteiger partial charge in [-0.2, -0.15) is 0 Å². The lowest BCUT2D eigenvalue weighted by molar-refractivity contribution is 0.0731. The Labute approximate surface area is 167 Å². The second-order valence-electron chi connectivity index (χ2n) is 6.87. The molecule has 2 heterocycles. The lowest BCUT2D eigenvalue weighted by Crippen LogP contribution is -2.35. The summed E-state index contributed by atoms with van der Waals surface area (Å²) in [4.78, 5) is 14.5. The zero-order valence-corrected chi connectivity index (χ0v) is 16.4. The lowest BCUT2D eigenvalue weighted by Gasteiger charge is -2.26. The minimum Gasteiger partial charge on any atom is -0.356 e. The number of hydrogen-bond donors (Lipinski definition) is 1. The Morgan fingerprint density at radius 1 is 1.14 bits per heavy atom. The summed E-state index contributed by atoms with van der Waals surface area (Å²) in [5, 5.41) is 4.10. The largest absolute Gasteiger partial charge is 0.356 e. The number of amides is 1. The molecule has 7 nitrogen and oxygen atoms in total. The van der Waals surface area contributed by atoms with Crippen molar-refractivity contribution in [2.45, 2.75) is 13.0 Å². The molecule has 0 saturated heterocycles. The molecule has 0 aliphatic carbocycles. The molecule has 29 heavy (non-hydrogen) atoms. The molecular formula is C20H18FN3O4S. The van der Waals surface area contributed by atoms with Gasteiger partial charge in [0, 0.05) is 28.9 Å². The van der Waals surface area contributed by atoms with E-state index in [9.17, 15) is 17.6 Å². The molecular weight excluding hydrogens is 397 g/mol. The van der Waals surface area contributed by atoms with E-state index in [1.165, 1.54) is 12.1 Å². The van der Waals surface area contributed by atoms with Crippen LogP contribution in [0.5, 0.6) is 0 Å². The zero-order chi connectivity index (χ0) is 20.6. The van der Waals surface area contributed by atoms with Crippen LogP contribution in [0.25, 0.3) is 11.3 Å². The molecule has 2 aromatic carbocycles. The number of aromatic nitrogens is 1. The lowest BCUT2D eigenvalue weighted by atomic mass is 10.00. The van der Waals surface area contributed by atoms with Crippen molar-refractivity contribution in [2.75, 3.05) is 17.5 Å². The molecule has 0 atom stereocenters. The van der Waals surface area contributed by atoms with Gasteiger partial charge in [-0.15, -0.1) is 0 Å². The summed E-state index contributed by atoms with van der Waals surface area (Å²) >= 11 is 0. The second-order valence-corrected chi connectivity index (χ2v) is 8.62. The number of anilines is 1. The van der Waals surface area contributed by atoms with Crippen LogP contribution < -0.4 is 4.72 Å². The van der Waals surface area contributed by atoms with Crippen LogP contribution in [0.1, 0.15) is 21.6 Å². The topological polar surface area (TPSA) is 92.5 Å². The van der Waals surface area contributed by atoms with Gasteiger partial charge in [-0.25, -0.2) is 12.8 Å². The van der Waals surface area contributed by atoms with Gasteiger partial charge in [-0.1, -0.05) is 5.16 Å². The molecule has 3 aromatic rings. The van der Waals surface area contributed by atoms with Crippen LogP contribution in [0.15, 0.2) is 53.1 Å². The van der Waals surface area contributed by atoms with Crippen LogP contribution in [0, 0.1) is 5.82 Å². The molecule has 1 N–H and O–H groups in total. The van der Waals surface area contributed by atoms with Crippen LogP contribution in [0.3, 0.4) is 0 Å². The standard InChI is InChI=1S/C20H18FN3O4S/c1-29(26,27)23-16-8-4-14(5-9-16)20(25)24-11-10-17-18(12-24)22-28-19(17)13-2-6-15(21)7-3-13/h2-9,23H,10-12H2,1H3. The van der Waals surface area contributed by atoms with E-state index in [-0.39, 0.29) is 11.7 Å². The zero-order valence-electron chi connectivity index (χ0n) is 15.6. The Bertz CT molecular complexity index is 1160. The third-order valence-corrected chi connectivity index (χ3v) is 5.28. The van der Waals surface area contributed by atoms with E-state index in [0.29, 0.717) is 42.2 Å². The minimum atomic E-state index is -3.37. The van der Waals surface area contributed by atoms with Crippen molar-refractivity contribution in [3.63, 3.8) is 0 Å². The maximum atomic E-state index is 13.2. The van der Waals surface area contributed by atoms with E-state index in [4.69, 9.17) is 4.52 Å². The fourth-order valence-corrected chi connectivity index (χ4v) is 3.87. The van der Waals surface area contributed by atoms with Crippen LogP contribution >= 0.6 is 0 Å². The van der Waals surface area contributed by atoms with Gasteiger partial charge in [0.15, 0.2) is 5.76 Å². The van der Waals surface area contributed by atoms with Crippen molar-refractivity contribution in [1.29, 1.82) is 0 Å². The number of sulfonamides is 1. The SMILES string of the molecule is CS(=O)(=O)Nc1ccc(C(=O)N2CCc3c(noc3-c3ccc(F)cc3)C2)cc1.